The van der Waals surface area contributed by atoms with Crippen molar-refractivity contribution in [2.75, 3.05) is 5.32 Å². The predicted octanol–water partition coefficient (Wildman–Crippen LogP) is 5.35. The van der Waals surface area contributed by atoms with Gasteiger partial charge in [0.1, 0.15) is 5.82 Å². The highest BCUT2D eigenvalue weighted by Gasteiger charge is 2.14. The van der Waals surface area contributed by atoms with Crippen LogP contribution in [0.2, 0.25) is 15.1 Å². The third-order valence-electron chi connectivity index (χ3n) is 2.61. The maximum absolute atomic E-state index is 13.0. The zero-order valence-corrected chi connectivity index (χ0v) is 12.2. The molecule has 100 valence electrons. The summed E-state index contributed by atoms with van der Waals surface area (Å²) in [5.74, 6) is -0.118. The number of rotatable bonds is 3. The Labute approximate surface area is 125 Å². The molecule has 0 aliphatic rings. The number of nitrogens with one attached hydrogen (secondary N) is 1. The Bertz CT molecular complexity index is 604. The molecule has 0 fully saturated rings. The highest BCUT2D eigenvalue weighted by Crippen LogP contribution is 2.36. The van der Waals surface area contributed by atoms with Gasteiger partial charge in [0.25, 0.3) is 0 Å². The van der Waals surface area contributed by atoms with E-state index in [-0.39, 0.29) is 6.04 Å². The maximum Gasteiger partial charge on any atom is 0.214 e. The average Bonchev–Trinajstić information content (AvgIpc) is 2.36. The van der Waals surface area contributed by atoms with Crippen LogP contribution in [0, 0.1) is 5.95 Å². The Hall–Kier alpha value is -1.03. The second-order valence-electron chi connectivity index (χ2n) is 3.98. The maximum atomic E-state index is 13.0. The van der Waals surface area contributed by atoms with E-state index in [1.54, 1.807) is 24.3 Å². The van der Waals surface area contributed by atoms with Gasteiger partial charge in [0, 0.05) is 0 Å². The lowest BCUT2D eigenvalue weighted by Gasteiger charge is -2.17. The molecule has 0 aliphatic heterocycles. The van der Waals surface area contributed by atoms with Gasteiger partial charge in [-0.25, -0.2) is 4.98 Å². The van der Waals surface area contributed by atoms with E-state index in [1.165, 1.54) is 6.07 Å². The Kier molecular flexibility index (Phi) is 4.50. The van der Waals surface area contributed by atoms with Crippen molar-refractivity contribution in [3.63, 3.8) is 0 Å². The number of halogens is 4. The zero-order valence-electron chi connectivity index (χ0n) is 9.92. The van der Waals surface area contributed by atoms with Gasteiger partial charge in [-0.1, -0.05) is 46.9 Å². The van der Waals surface area contributed by atoms with Gasteiger partial charge in [0.05, 0.1) is 21.1 Å². The summed E-state index contributed by atoms with van der Waals surface area (Å²) < 4.78 is 13.0. The average molecular weight is 320 g/mol. The van der Waals surface area contributed by atoms with Crippen LogP contribution in [-0.4, -0.2) is 4.98 Å². The summed E-state index contributed by atoms with van der Waals surface area (Å²) in [5.41, 5.74) is 0.766. The molecular weight excluding hydrogens is 310 g/mol. The normalized spacial score (nSPS) is 12.3. The van der Waals surface area contributed by atoms with Gasteiger partial charge in [0.15, 0.2) is 0 Å². The minimum absolute atomic E-state index is 0.184. The second-order valence-corrected chi connectivity index (χ2v) is 5.14. The van der Waals surface area contributed by atoms with Crippen LogP contribution in [0.5, 0.6) is 0 Å². The van der Waals surface area contributed by atoms with E-state index in [1.807, 2.05) is 6.92 Å². The summed E-state index contributed by atoms with van der Waals surface area (Å²) >= 11 is 18.0. The van der Waals surface area contributed by atoms with Crippen LogP contribution in [0.15, 0.2) is 30.3 Å². The Balaban J connectivity index is 2.25. The molecule has 0 bridgehead atoms. The molecule has 0 aliphatic carbocycles. The van der Waals surface area contributed by atoms with E-state index in [2.05, 4.69) is 10.3 Å². The van der Waals surface area contributed by atoms with Crippen LogP contribution in [0.1, 0.15) is 18.5 Å². The molecule has 0 spiro atoms. The van der Waals surface area contributed by atoms with Crippen LogP contribution < -0.4 is 5.32 Å². The fourth-order valence-corrected chi connectivity index (χ4v) is 2.37. The van der Waals surface area contributed by atoms with Gasteiger partial charge in [-0.2, -0.15) is 4.39 Å². The zero-order chi connectivity index (χ0) is 14.0. The van der Waals surface area contributed by atoms with E-state index >= 15 is 0 Å². The number of benzene rings is 1. The first kappa shape index (κ1) is 14.4. The Morgan fingerprint density at radius 3 is 2.53 bits per heavy atom. The largest absolute Gasteiger partial charge is 0.363 e. The molecular formula is C13H10Cl3FN2. The fraction of sp³-hybridized carbons (Fsp3) is 0.154. The minimum Gasteiger partial charge on any atom is -0.363 e. The monoisotopic (exact) mass is 318 g/mol. The molecule has 2 rings (SSSR count). The highest BCUT2D eigenvalue weighted by molar-refractivity contribution is 6.48. The van der Waals surface area contributed by atoms with E-state index in [4.69, 9.17) is 34.8 Å². The van der Waals surface area contributed by atoms with E-state index in [0.29, 0.717) is 20.9 Å². The second kappa shape index (κ2) is 5.95. The Morgan fingerprint density at radius 1 is 1.11 bits per heavy atom. The first-order valence-corrected chi connectivity index (χ1v) is 6.65. The van der Waals surface area contributed by atoms with Crippen LogP contribution >= 0.6 is 34.8 Å². The molecule has 2 aromatic rings. The summed E-state index contributed by atoms with van der Waals surface area (Å²) in [4.78, 5) is 3.73. The lowest BCUT2D eigenvalue weighted by molar-refractivity contribution is 0.584. The van der Waals surface area contributed by atoms with Crippen molar-refractivity contribution in [1.29, 1.82) is 0 Å². The third kappa shape index (κ3) is 3.30. The standard InChI is InChI=1S/C13H10Cl3FN2/c1-7(18-11-4-2-3-10(17)19-11)8-5-6-9(14)13(16)12(8)15/h2-7H,1H3,(H,18,19). The molecule has 1 atom stereocenters. The van der Waals surface area contributed by atoms with Gasteiger partial charge >= 0.3 is 0 Å². The summed E-state index contributed by atoms with van der Waals surface area (Å²) in [6.45, 7) is 1.87. The van der Waals surface area contributed by atoms with Crippen molar-refractivity contribution in [2.24, 2.45) is 0 Å². The number of hydrogen-bond acceptors (Lipinski definition) is 2. The third-order valence-corrected chi connectivity index (χ3v) is 3.92. The predicted molar refractivity (Wildman–Crippen MR) is 77.7 cm³/mol. The lowest BCUT2D eigenvalue weighted by atomic mass is 10.1. The molecule has 1 N–H and O–H groups in total. The Morgan fingerprint density at radius 2 is 1.84 bits per heavy atom. The van der Waals surface area contributed by atoms with Crippen molar-refractivity contribution in [3.8, 4) is 0 Å². The molecule has 0 saturated carbocycles. The SMILES string of the molecule is CC(Nc1cccc(F)n1)c1ccc(Cl)c(Cl)c1Cl. The summed E-state index contributed by atoms with van der Waals surface area (Å²) in [7, 11) is 0. The number of nitrogens with zero attached hydrogens (tertiary/aromatic N) is 1. The van der Waals surface area contributed by atoms with Crippen molar-refractivity contribution in [3.05, 3.63) is 56.9 Å². The van der Waals surface area contributed by atoms with Gasteiger partial charge in [-0.15, -0.1) is 0 Å². The molecule has 0 amide bonds. The van der Waals surface area contributed by atoms with E-state index < -0.39 is 5.95 Å². The molecule has 0 saturated heterocycles. The van der Waals surface area contributed by atoms with Gasteiger partial charge in [0.2, 0.25) is 5.95 Å². The molecule has 6 heteroatoms. The van der Waals surface area contributed by atoms with Crippen molar-refractivity contribution in [1.82, 2.24) is 4.98 Å². The molecule has 0 radical (unpaired) electrons. The lowest BCUT2D eigenvalue weighted by Crippen LogP contribution is -2.09. The van der Waals surface area contributed by atoms with Crippen LogP contribution in [0.3, 0.4) is 0 Å². The molecule has 1 heterocycles. The number of hydrogen-bond donors (Lipinski definition) is 1. The smallest absolute Gasteiger partial charge is 0.214 e. The molecule has 1 aromatic carbocycles. The molecule has 1 aromatic heterocycles. The van der Waals surface area contributed by atoms with Gasteiger partial charge in [-0.05, 0) is 30.7 Å². The number of pyridine rings is 1. The van der Waals surface area contributed by atoms with Crippen LogP contribution in [0.25, 0.3) is 0 Å². The summed E-state index contributed by atoms with van der Waals surface area (Å²) in [5, 5.41) is 4.13. The van der Waals surface area contributed by atoms with Gasteiger partial charge in [-0.3, -0.25) is 0 Å². The molecule has 2 nitrogen and oxygen atoms in total. The van der Waals surface area contributed by atoms with Crippen molar-refractivity contribution in [2.45, 2.75) is 13.0 Å². The topological polar surface area (TPSA) is 24.9 Å². The minimum atomic E-state index is -0.544. The molecule has 1 unspecified atom stereocenters. The quantitative estimate of drug-likeness (QED) is 0.609. The van der Waals surface area contributed by atoms with Gasteiger partial charge < -0.3 is 5.32 Å². The van der Waals surface area contributed by atoms with Crippen LogP contribution in [-0.2, 0) is 0 Å². The highest BCUT2D eigenvalue weighted by atomic mass is 35.5. The van der Waals surface area contributed by atoms with Crippen molar-refractivity contribution < 1.29 is 4.39 Å². The summed E-state index contributed by atoms with van der Waals surface area (Å²) in [6, 6.07) is 7.79. The van der Waals surface area contributed by atoms with E-state index in [0.717, 1.165) is 5.56 Å². The first-order chi connectivity index (χ1) is 8.99. The fourth-order valence-electron chi connectivity index (χ4n) is 1.66. The number of anilines is 1. The molecule has 19 heavy (non-hydrogen) atoms. The number of aromatic nitrogens is 1. The van der Waals surface area contributed by atoms with Crippen molar-refractivity contribution >= 4 is 40.6 Å². The van der Waals surface area contributed by atoms with E-state index in [9.17, 15) is 4.39 Å². The summed E-state index contributed by atoms with van der Waals surface area (Å²) in [6.07, 6.45) is 0. The van der Waals surface area contributed by atoms with Crippen LogP contribution in [0.4, 0.5) is 10.2 Å². The first-order valence-electron chi connectivity index (χ1n) is 5.51.